The van der Waals surface area contributed by atoms with Crippen molar-refractivity contribution in [3.63, 3.8) is 0 Å². The van der Waals surface area contributed by atoms with Crippen molar-refractivity contribution in [1.82, 2.24) is 5.32 Å². The van der Waals surface area contributed by atoms with Gasteiger partial charge in [-0.3, -0.25) is 0 Å². The molecule has 0 spiro atoms. The summed E-state index contributed by atoms with van der Waals surface area (Å²) in [6.07, 6.45) is 0. The van der Waals surface area contributed by atoms with Gasteiger partial charge in [0, 0.05) is 22.5 Å². The smallest absolute Gasteiger partial charge is 0.0453 e. The normalized spacial score (nSPS) is 12.6. The molecule has 0 aliphatic heterocycles. The Morgan fingerprint density at radius 2 is 2.06 bits per heavy atom. The topological polar surface area (TPSA) is 12.0 Å². The molecule has 0 bridgehead atoms. The molecule has 1 atom stereocenters. The maximum Gasteiger partial charge on any atom is 0.0453 e. The molecule has 0 amide bonds. The van der Waals surface area contributed by atoms with Crippen LogP contribution in [0.25, 0.3) is 0 Å². The van der Waals surface area contributed by atoms with Crippen LogP contribution in [0, 0.1) is 0 Å². The second-order valence-electron chi connectivity index (χ2n) is 3.70. The zero-order valence-corrected chi connectivity index (χ0v) is 10.7. The molecule has 84 valence electrons. The van der Waals surface area contributed by atoms with Crippen LogP contribution in [0.3, 0.4) is 0 Å². The Balaban J connectivity index is 1.98. The molecule has 0 fully saturated rings. The first-order valence-corrected chi connectivity index (χ1v) is 6.53. The summed E-state index contributed by atoms with van der Waals surface area (Å²) in [7, 11) is 0. The standard InChI is InChI=1S/C13H14ClNS/c1-10(12-6-2-3-7-13(12)14)15-9-11-5-4-8-16-11/h2-8,10,15H,9H2,1H3/t10-/m0/s1. The minimum atomic E-state index is 0.274. The van der Waals surface area contributed by atoms with Crippen LogP contribution in [0.4, 0.5) is 0 Å². The number of hydrogen-bond donors (Lipinski definition) is 1. The Bertz CT molecular complexity index is 439. The van der Waals surface area contributed by atoms with Gasteiger partial charge in [-0.2, -0.15) is 0 Å². The van der Waals surface area contributed by atoms with E-state index in [1.807, 2.05) is 18.2 Å². The lowest BCUT2D eigenvalue weighted by Crippen LogP contribution is -2.17. The third-order valence-electron chi connectivity index (χ3n) is 2.53. The molecular weight excluding hydrogens is 238 g/mol. The summed E-state index contributed by atoms with van der Waals surface area (Å²) in [4.78, 5) is 1.35. The molecule has 0 saturated heterocycles. The molecule has 1 heterocycles. The third kappa shape index (κ3) is 2.85. The van der Waals surface area contributed by atoms with Gasteiger partial charge in [-0.25, -0.2) is 0 Å². The van der Waals surface area contributed by atoms with Crippen molar-refractivity contribution in [3.8, 4) is 0 Å². The predicted octanol–water partition coefficient (Wildman–Crippen LogP) is 4.25. The molecule has 3 heteroatoms. The van der Waals surface area contributed by atoms with Crippen LogP contribution < -0.4 is 5.32 Å². The first-order valence-electron chi connectivity index (χ1n) is 5.27. The quantitative estimate of drug-likeness (QED) is 0.857. The van der Waals surface area contributed by atoms with Crippen molar-refractivity contribution < 1.29 is 0 Å². The number of hydrogen-bond acceptors (Lipinski definition) is 2. The Labute approximate surface area is 105 Å². The molecule has 0 aliphatic rings. The first-order chi connectivity index (χ1) is 7.77. The highest BCUT2D eigenvalue weighted by Gasteiger charge is 2.08. The zero-order chi connectivity index (χ0) is 11.4. The van der Waals surface area contributed by atoms with E-state index in [4.69, 9.17) is 11.6 Å². The molecule has 16 heavy (non-hydrogen) atoms. The van der Waals surface area contributed by atoms with Crippen molar-refractivity contribution in [2.45, 2.75) is 19.5 Å². The molecule has 1 N–H and O–H groups in total. The van der Waals surface area contributed by atoms with Crippen LogP contribution in [0.2, 0.25) is 5.02 Å². The lowest BCUT2D eigenvalue weighted by Gasteiger charge is -2.14. The summed E-state index contributed by atoms with van der Waals surface area (Å²) in [5, 5.41) is 6.39. The molecule has 0 unspecified atom stereocenters. The highest BCUT2D eigenvalue weighted by Crippen LogP contribution is 2.22. The molecule has 1 aromatic heterocycles. The maximum atomic E-state index is 6.14. The summed E-state index contributed by atoms with van der Waals surface area (Å²) in [5.41, 5.74) is 1.15. The van der Waals surface area contributed by atoms with Gasteiger partial charge in [-0.05, 0) is 30.0 Å². The maximum absolute atomic E-state index is 6.14. The van der Waals surface area contributed by atoms with Crippen LogP contribution >= 0.6 is 22.9 Å². The number of thiophene rings is 1. The fraction of sp³-hybridized carbons (Fsp3) is 0.231. The van der Waals surface area contributed by atoms with E-state index in [1.165, 1.54) is 4.88 Å². The molecule has 0 saturated carbocycles. The van der Waals surface area contributed by atoms with E-state index >= 15 is 0 Å². The monoisotopic (exact) mass is 251 g/mol. The summed E-state index contributed by atoms with van der Waals surface area (Å²) in [5.74, 6) is 0. The van der Waals surface area contributed by atoms with Gasteiger partial charge in [0.05, 0.1) is 0 Å². The zero-order valence-electron chi connectivity index (χ0n) is 9.11. The van der Waals surface area contributed by atoms with Gasteiger partial charge in [0.25, 0.3) is 0 Å². The molecule has 1 nitrogen and oxygen atoms in total. The summed E-state index contributed by atoms with van der Waals surface area (Å²) < 4.78 is 0. The number of nitrogens with one attached hydrogen (secondary N) is 1. The van der Waals surface area contributed by atoms with Crippen molar-refractivity contribution >= 4 is 22.9 Å². The van der Waals surface area contributed by atoms with Gasteiger partial charge in [0.2, 0.25) is 0 Å². The van der Waals surface area contributed by atoms with Crippen LogP contribution in [-0.4, -0.2) is 0 Å². The van der Waals surface area contributed by atoms with Crippen LogP contribution in [0.5, 0.6) is 0 Å². The number of rotatable bonds is 4. The summed E-state index contributed by atoms with van der Waals surface area (Å²) in [6.45, 7) is 3.03. The molecule has 0 radical (unpaired) electrons. The van der Waals surface area contributed by atoms with Crippen molar-refractivity contribution in [3.05, 3.63) is 57.2 Å². The van der Waals surface area contributed by atoms with E-state index in [1.54, 1.807) is 11.3 Å². The van der Waals surface area contributed by atoms with E-state index < -0.39 is 0 Å². The lowest BCUT2D eigenvalue weighted by molar-refractivity contribution is 0.579. The van der Waals surface area contributed by atoms with Crippen molar-refractivity contribution in [2.75, 3.05) is 0 Å². The predicted molar refractivity (Wildman–Crippen MR) is 71.0 cm³/mol. The average Bonchev–Trinajstić information content (AvgIpc) is 2.79. The highest BCUT2D eigenvalue weighted by molar-refractivity contribution is 7.09. The van der Waals surface area contributed by atoms with E-state index in [2.05, 4.69) is 35.8 Å². The first kappa shape index (κ1) is 11.6. The van der Waals surface area contributed by atoms with Gasteiger partial charge >= 0.3 is 0 Å². The highest BCUT2D eigenvalue weighted by atomic mass is 35.5. The molecular formula is C13H14ClNS. The fourth-order valence-electron chi connectivity index (χ4n) is 1.60. The average molecular weight is 252 g/mol. The van der Waals surface area contributed by atoms with Gasteiger partial charge in [-0.15, -0.1) is 11.3 Å². The van der Waals surface area contributed by atoms with E-state index in [0.29, 0.717) is 0 Å². The van der Waals surface area contributed by atoms with Crippen LogP contribution in [0.1, 0.15) is 23.4 Å². The lowest BCUT2D eigenvalue weighted by atomic mass is 10.1. The number of halogens is 1. The van der Waals surface area contributed by atoms with Crippen LogP contribution in [-0.2, 0) is 6.54 Å². The van der Waals surface area contributed by atoms with Gasteiger partial charge < -0.3 is 5.32 Å². The van der Waals surface area contributed by atoms with E-state index in [-0.39, 0.29) is 6.04 Å². The molecule has 0 aliphatic carbocycles. The Morgan fingerprint density at radius 1 is 1.25 bits per heavy atom. The largest absolute Gasteiger partial charge is 0.305 e. The van der Waals surface area contributed by atoms with E-state index in [9.17, 15) is 0 Å². The van der Waals surface area contributed by atoms with Crippen molar-refractivity contribution in [2.24, 2.45) is 0 Å². The molecule has 2 rings (SSSR count). The minimum absolute atomic E-state index is 0.274. The van der Waals surface area contributed by atoms with E-state index in [0.717, 1.165) is 17.1 Å². The molecule has 1 aromatic carbocycles. The van der Waals surface area contributed by atoms with Crippen molar-refractivity contribution in [1.29, 1.82) is 0 Å². The molecule has 2 aromatic rings. The Morgan fingerprint density at radius 3 is 2.75 bits per heavy atom. The SMILES string of the molecule is C[C@H](NCc1cccs1)c1ccccc1Cl. The Kier molecular flexibility index (Phi) is 3.99. The van der Waals surface area contributed by atoms with Crippen LogP contribution in [0.15, 0.2) is 41.8 Å². The van der Waals surface area contributed by atoms with Gasteiger partial charge in [0.1, 0.15) is 0 Å². The summed E-state index contributed by atoms with van der Waals surface area (Å²) >= 11 is 7.91. The second kappa shape index (κ2) is 5.48. The summed E-state index contributed by atoms with van der Waals surface area (Å²) in [6, 6.07) is 12.5. The van der Waals surface area contributed by atoms with Gasteiger partial charge in [0.15, 0.2) is 0 Å². The Hall–Kier alpha value is -0.830. The number of benzene rings is 1. The second-order valence-corrected chi connectivity index (χ2v) is 5.14. The minimum Gasteiger partial charge on any atom is -0.305 e. The fourth-order valence-corrected chi connectivity index (χ4v) is 2.56. The third-order valence-corrected chi connectivity index (χ3v) is 3.75. The van der Waals surface area contributed by atoms with Gasteiger partial charge in [-0.1, -0.05) is 35.9 Å².